The molecule has 3 unspecified atom stereocenters. The molecule has 0 fully saturated rings. The molecule has 14 heavy (non-hydrogen) atoms. The minimum absolute atomic E-state index is 0.189. The summed E-state index contributed by atoms with van der Waals surface area (Å²) in [6.07, 6.45) is 2.36. The first-order chi connectivity index (χ1) is 6.43. The summed E-state index contributed by atoms with van der Waals surface area (Å²) < 4.78 is 0. The SMILES string of the molecule is CC1C=C(C(C)N)C(C)N(C(C)C)C1. The van der Waals surface area contributed by atoms with Gasteiger partial charge in [-0.05, 0) is 39.2 Å². The second kappa shape index (κ2) is 4.45. The third-order valence-electron chi connectivity index (χ3n) is 3.14. The second-order valence-electron chi connectivity index (χ2n) is 4.90. The van der Waals surface area contributed by atoms with Gasteiger partial charge in [-0.1, -0.05) is 13.0 Å². The molecule has 0 bridgehead atoms. The van der Waals surface area contributed by atoms with Crippen LogP contribution in [0.1, 0.15) is 34.6 Å². The number of nitrogens with zero attached hydrogens (tertiary/aromatic N) is 1. The van der Waals surface area contributed by atoms with E-state index in [4.69, 9.17) is 5.73 Å². The monoisotopic (exact) mass is 196 g/mol. The van der Waals surface area contributed by atoms with Crippen molar-refractivity contribution in [1.29, 1.82) is 0 Å². The van der Waals surface area contributed by atoms with E-state index < -0.39 is 0 Å². The minimum atomic E-state index is 0.189. The zero-order valence-electron chi connectivity index (χ0n) is 10.1. The Kier molecular flexibility index (Phi) is 3.73. The van der Waals surface area contributed by atoms with Crippen molar-refractivity contribution in [2.24, 2.45) is 11.7 Å². The van der Waals surface area contributed by atoms with Crippen LogP contribution < -0.4 is 5.73 Å². The molecule has 1 aliphatic heterocycles. The molecule has 1 aliphatic rings. The fraction of sp³-hybridized carbons (Fsp3) is 0.833. The van der Waals surface area contributed by atoms with Crippen molar-refractivity contribution in [3.63, 3.8) is 0 Å². The van der Waals surface area contributed by atoms with Gasteiger partial charge < -0.3 is 5.73 Å². The molecule has 0 aromatic heterocycles. The number of rotatable bonds is 2. The van der Waals surface area contributed by atoms with Gasteiger partial charge in [-0.25, -0.2) is 0 Å². The van der Waals surface area contributed by atoms with Gasteiger partial charge in [-0.3, -0.25) is 4.90 Å². The van der Waals surface area contributed by atoms with Gasteiger partial charge in [0.2, 0.25) is 0 Å². The lowest BCUT2D eigenvalue weighted by Crippen LogP contribution is -2.48. The van der Waals surface area contributed by atoms with Crippen LogP contribution in [0.4, 0.5) is 0 Å². The first-order valence-corrected chi connectivity index (χ1v) is 5.66. The summed E-state index contributed by atoms with van der Waals surface area (Å²) in [5.74, 6) is 0.634. The van der Waals surface area contributed by atoms with E-state index in [1.165, 1.54) is 5.57 Å². The first-order valence-electron chi connectivity index (χ1n) is 5.66. The highest BCUT2D eigenvalue weighted by Crippen LogP contribution is 2.24. The van der Waals surface area contributed by atoms with Crippen molar-refractivity contribution in [2.75, 3.05) is 6.54 Å². The molecule has 2 nitrogen and oxygen atoms in total. The fourth-order valence-electron chi connectivity index (χ4n) is 2.39. The van der Waals surface area contributed by atoms with Gasteiger partial charge in [0.1, 0.15) is 0 Å². The highest BCUT2D eigenvalue weighted by molar-refractivity contribution is 5.20. The lowest BCUT2D eigenvalue weighted by molar-refractivity contribution is 0.153. The Morgan fingerprint density at radius 1 is 1.36 bits per heavy atom. The normalized spacial score (nSPS) is 31.8. The van der Waals surface area contributed by atoms with Crippen molar-refractivity contribution in [3.05, 3.63) is 11.6 Å². The third kappa shape index (κ3) is 2.37. The van der Waals surface area contributed by atoms with Crippen molar-refractivity contribution in [1.82, 2.24) is 4.90 Å². The van der Waals surface area contributed by atoms with Crippen LogP contribution in [-0.4, -0.2) is 29.6 Å². The molecule has 0 radical (unpaired) electrons. The number of hydrogen-bond acceptors (Lipinski definition) is 2. The molecule has 2 heteroatoms. The van der Waals surface area contributed by atoms with E-state index in [2.05, 4.69) is 45.6 Å². The smallest absolute Gasteiger partial charge is 0.0297 e. The van der Waals surface area contributed by atoms with E-state index in [1.54, 1.807) is 0 Å². The topological polar surface area (TPSA) is 29.3 Å². The average molecular weight is 196 g/mol. The maximum atomic E-state index is 5.99. The second-order valence-corrected chi connectivity index (χ2v) is 4.90. The standard InChI is InChI=1S/C12H24N2/c1-8(2)14-7-9(3)6-12(10(4)13)11(14)5/h6,8-11H,7,13H2,1-5H3. The van der Waals surface area contributed by atoms with Crippen molar-refractivity contribution in [2.45, 2.75) is 52.7 Å². The molecule has 0 saturated heterocycles. The van der Waals surface area contributed by atoms with E-state index in [0.717, 1.165) is 6.54 Å². The Hall–Kier alpha value is -0.340. The van der Waals surface area contributed by atoms with Gasteiger partial charge >= 0.3 is 0 Å². The van der Waals surface area contributed by atoms with Gasteiger partial charge in [0.05, 0.1) is 0 Å². The minimum Gasteiger partial charge on any atom is -0.324 e. The molecule has 0 saturated carbocycles. The van der Waals surface area contributed by atoms with Crippen LogP contribution in [0, 0.1) is 5.92 Å². The molecule has 0 spiro atoms. The van der Waals surface area contributed by atoms with Crippen LogP contribution in [0.5, 0.6) is 0 Å². The maximum Gasteiger partial charge on any atom is 0.0297 e. The predicted molar refractivity (Wildman–Crippen MR) is 62.2 cm³/mol. The highest BCUT2D eigenvalue weighted by atomic mass is 15.2. The predicted octanol–water partition coefficient (Wildman–Crippen LogP) is 2.01. The quantitative estimate of drug-likeness (QED) is 0.685. The van der Waals surface area contributed by atoms with Crippen molar-refractivity contribution >= 4 is 0 Å². The molecule has 1 heterocycles. The van der Waals surface area contributed by atoms with Crippen LogP contribution in [0.25, 0.3) is 0 Å². The van der Waals surface area contributed by atoms with E-state index in [0.29, 0.717) is 18.0 Å². The van der Waals surface area contributed by atoms with Crippen LogP contribution in [0.2, 0.25) is 0 Å². The van der Waals surface area contributed by atoms with Gasteiger partial charge in [-0.2, -0.15) is 0 Å². The Morgan fingerprint density at radius 2 is 1.93 bits per heavy atom. The van der Waals surface area contributed by atoms with Crippen LogP contribution >= 0.6 is 0 Å². The largest absolute Gasteiger partial charge is 0.324 e. The summed E-state index contributed by atoms with van der Waals surface area (Å²) >= 11 is 0. The van der Waals surface area contributed by atoms with E-state index in [9.17, 15) is 0 Å². The van der Waals surface area contributed by atoms with Crippen molar-refractivity contribution in [3.8, 4) is 0 Å². The third-order valence-corrected chi connectivity index (χ3v) is 3.14. The Morgan fingerprint density at radius 3 is 2.36 bits per heavy atom. The molecular formula is C12H24N2. The first kappa shape index (κ1) is 11.7. The molecule has 3 atom stereocenters. The summed E-state index contributed by atoms with van der Waals surface area (Å²) in [5.41, 5.74) is 7.39. The summed E-state index contributed by atoms with van der Waals surface area (Å²) in [5, 5.41) is 0. The maximum absolute atomic E-state index is 5.99. The molecule has 0 aliphatic carbocycles. The summed E-state index contributed by atoms with van der Waals surface area (Å²) in [7, 11) is 0. The molecule has 82 valence electrons. The van der Waals surface area contributed by atoms with E-state index in [1.807, 2.05) is 0 Å². The van der Waals surface area contributed by atoms with Crippen molar-refractivity contribution < 1.29 is 0 Å². The van der Waals surface area contributed by atoms with Gasteiger partial charge in [0.15, 0.2) is 0 Å². The summed E-state index contributed by atoms with van der Waals surface area (Å²) in [4.78, 5) is 2.53. The van der Waals surface area contributed by atoms with Gasteiger partial charge in [-0.15, -0.1) is 0 Å². The average Bonchev–Trinajstić information content (AvgIpc) is 2.07. The molecular weight excluding hydrogens is 172 g/mol. The summed E-state index contributed by atoms with van der Waals surface area (Å²) in [6.45, 7) is 12.3. The van der Waals surface area contributed by atoms with Gasteiger partial charge in [0, 0.05) is 24.7 Å². The Balaban J connectivity index is 2.86. The summed E-state index contributed by atoms with van der Waals surface area (Å²) in [6, 6.07) is 1.30. The lowest BCUT2D eigenvalue weighted by atomic mass is 9.90. The fourth-order valence-corrected chi connectivity index (χ4v) is 2.39. The van der Waals surface area contributed by atoms with Gasteiger partial charge in [0.25, 0.3) is 0 Å². The Labute approximate surface area is 88.2 Å². The van der Waals surface area contributed by atoms with Crippen LogP contribution in [-0.2, 0) is 0 Å². The number of hydrogen-bond donors (Lipinski definition) is 1. The molecule has 1 rings (SSSR count). The molecule has 0 amide bonds. The highest BCUT2D eigenvalue weighted by Gasteiger charge is 2.27. The van der Waals surface area contributed by atoms with Crippen LogP contribution in [0.15, 0.2) is 11.6 Å². The molecule has 2 N–H and O–H groups in total. The lowest BCUT2D eigenvalue weighted by Gasteiger charge is -2.40. The molecule has 0 aromatic rings. The zero-order valence-corrected chi connectivity index (χ0v) is 10.1. The molecule has 0 aromatic carbocycles. The van der Waals surface area contributed by atoms with E-state index >= 15 is 0 Å². The van der Waals surface area contributed by atoms with E-state index in [-0.39, 0.29) is 6.04 Å². The Bertz CT molecular complexity index is 218. The number of nitrogens with two attached hydrogens (primary N) is 1. The zero-order chi connectivity index (χ0) is 10.9. The van der Waals surface area contributed by atoms with Crippen LogP contribution in [0.3, 0.4) is 0 Å².